The first-order chi connectivity index (χ1) is 8.49. The van der Waals surface area contributed by atoms with Gasteiger partial charge in [-0.2, -0.15) is 0 Å². The first-order valence-electron chi connectivity index (χ1n) is 5.65. The fourth-order valence-electron chi connectivity index (χ4n) is 2.02. The van der Waals surface area contributed by atoms with Crippen LogP contribution in [-0.2, 0) is 4.79 Å². The van der Waals surface area contributed by atoms with E-state index < -0.39 is 17.5 Å². The Labute approximate surface area is 102 Å². The molecule has 2 N–H and O–H groups in total. The van der Waals surface area contributed by atoms with E-state index in [1.165, 1.54) is 0 Å². The lowest BCUT2D eigenvalue weighted by Gasteiger charge is -2.14. The van der Waals surface area contributed by atoms with Crippen LogP contribution in [0, 0.1) is 29.3 Å². The van der Waals surface area contributed by atoms with Crippen molar-refractivity contribution in [3.8, 4) is 0 Å². The molecule has 1 aromatic rings. The number of hydrogen-bond donors (Lipinski definition) is 2. The molecule has 1 saturated heterocycles. The lowest BCUT2D eigenvalue weighted by molar-refractivity contribution is -0.120. The van der Waals surface area contributed by atoms with Crippen molar-refractivity contribution < 1.29 is 18.0 Å². The zero-order chi connectivity index (χ0) is 13.3. The minimum Gasteiger partial charge on any atom is -0.326 e. The number of carbonyl (C=O) groups excluding carboxylic acids is 1. The van der Waals surface area contributed by atoms with Gasteiger partial charge in [-0.3, -0.25) is 4.79 Å². The van der Waals surface area contributed by atoms with Crippen molar-refractivity contribution in [3.63, 3.8) is 0 Å². The second-order valence-electron chi connectivity index (χ2n) is 4.49. The van der Waals surface area contributed by atoms with Crippen molar-refractivity contribution in [2.24, 2.45) is 11.8 Å². The van der Waals surface area contributed by atoms with Crippen LogP contribution < -0.4 is 10.6 Å². The summed E-state index contributed by atoms with van der Waals surface area (Å²) in [5, 5.41) is 5.45. The summed E-state index contributed by atoms with van der Waals surface area (Å²) < 4.78 is 38.7. The van der Waals surface area contributed by atoms with E-state index in [1.54, 1.807) is 0 Å². The number of benzene rings is 1. The zero-order valence-corrected chi connectivity index (χ0v) is 9.77. The van der Waals surface area contributed by atoms with Crippen molar-refractivity contribution in [1.29, 1.82) is 0 Å². The highest BCUT2D eigenvalue weighted by atomic mass is 19.2. The lowest BCUT2D eigenvalue weighted by atomic mass is 9.97. The van der Waals surface area contributed by atoms with Crippen molar-refractivity contribution in [3.05, 3.63) is 29.6 Å². The van der Waals surface area contributed by atoms with Gasteiger partial charge in [0.2, 0.25) is 5.91 Å². The molecule has 0 radical (unpaired) electrons. The summed E-state index contributed by atoms with van der Waals surface area (Å²) in [6, 6.07) is 1.53. The highest BCUT2D eigenvalue weighted by molar-refractivity contribution is 5.93. The van der Waals surface area contributed by atoms with Crippen LogP contribution in [0.5, 0.6) is 0 Å². The van der Waals surface area contributed by atoms with Crippen molar-refractivity contribution >= 4 is 11.6 Å². The van der Waals surface area contributed by atoms with Gasteiger partial charge in [0.1, 0.15) is 0 Å². The molecule has 2 unspecified atom stereocenters. The molecular weight excluding hydrogens is 245 g/mol. The zero-order valence-electron chi connectivity index (χ0n) is 9.77. The number of rotatable bonds is 2. The van der Waals surface area contributed by atoms with E-state index in [2.05, 4.69) is 10.6 Å². The van der Waals surface area contributed by atoms with Crippen LogP contribution >= 0.6 is 0 Å². The predicted molar refractivity (Wildman–Crippen MR) is 60.5 cm³/mol. The quantitative estimate of drug-likeness (QED) is 0.795. The van der Waals surface area contributed by atoms with Crippen molar-refractivity contribution in [2.75, 3.05) is 18.4 Å². The highest BCUT2D eigenvalue weighted by Crippen LogP contribution is 2.21. The molecule has 3 nitrogen and oxygen atoms in total. The van der Waals surface area contributed by atoms with E-state index in [4.69, 9.17) is 0 Å². The largest absolute Gasteiger partial charge is 0.326 e. The van der Waals surface area contributed by atoms with Crippen LogP contribution in [0.1, 0.15) is 6.92 Å². The summed E-state index contributed by atoms with van der Waals surface area (Å²) in [6.45, 7) is 3.17. The molecule has 0 aliphatic carbocycles. The number of amides is 1. The number of carbonyl (C=O) groups is 1. The molecule has 6 heteroatoms. The van der Waals surface area contributed by atoms with Crippen molar-refractivity contribution in [2.45, 2.75) is 6.92 Å². The Hall–Kier alpha value is -1.56. The molecule has 1 heterocycles. The summed E-state index contributed by atoms with van der Waals surface area (Å²) in [6.07, 6.45) is 0. The molecule has 1 aliphatic rings. The Morgan fingerprint density at radius 2 is 1.89 bits per heavy atom. The topological polar surface area (TPSA) is 41.1 Å². The second kappa shape index (κ2) is 4.97. The number of halogens is 3. The smallest absolute Gasteiger partial charge is 0.229 e. The Kier molecular flexibility index (Phi) is 3.56. The van der Waals surface area contributed by atoms with E-state index in [1.807, 2.05) is 6.92 Å². The number of anilines is 1. The van der Waals surface area contributed by atoms with Gasteiger partial charge in [0.25, 0.3) is 0 Å². The van der Waals surface area contributed by atoms with Gasteiger partial charge < -0.3 is 10.6 Å². The van der Waals surface area contributed by atoms with Crippen molar-refractivity contribution in [1.82, 2.24) is 5.32 Å². The molecule has 2 rings (SSSR count). The SMILES string of the molecule is CC1CNCC1C(=O)Nc1cc(F)c(F)c(F)c1. The molecule has 18 heavy (non-hydrogen) atoms. The second-order valence-corrected chi connectivity index (χ2v) is 4.49. The van der Waals surface area contributed by atoms with Crippen LogP contribution in [0.25, 0.3) is 0 Å². The van der Waals surface area contributed by atoms with E-state index >= 15 is 0 Å². The summed E-state index contributed by atoms with van der Waals surface area (Å²) in [5.74, 6) is -4.59. The summed E-state index contributed by atoms with van der Waals surface area (Å²) in [5.41, 5.74) is -0.0736. The number of nitrogens with one attached hydrogen (secondary N) is 2. The Morgan fingerprint density at radius 1 is 1.28 bits per heavy atom. The number of hydrogen-bond acceptors (Lipinski definition) is 2. The lowest BCUT2D eigenvalue weighted by Crippen LogP contribution is -2.28. The molecule has 0 bridgehead atoms. The molecule has 1 amide bonds. The maximum absolute atomic E-state index is 13.0. The van der Waals surface area contributed by atoms with E-state index in [0.717, 1.165) is 18.7 Å². The van der Waals surface area contributed by atoms with Crippen LogP contribution in [0.15, 0.2) is 12.1 Å². The van der Waals surface area contributed by atoms with Gasteiger partial charge in [-0.05, 0) is 12.5 Å². The molecule has 0 saturated carbocycles. The average molecular weight is 258 g/mol. The van der Waals surface area contributed by atoms with E-state index in [-0.39, 0.29) is 23.4 Å². The van der Waals surface area contributed by atoms with Gasteiger partial charge in [-0.15, -0.1) is 0 Å². The monoisotopic (exact) mass is 258 g/mol. The van der Waals surface area contributed by atoms with Gasteiger partial charge in [-0.25, -0.2) is 13.2 Å². The third-order valence-corrected chi connectivity index (χ3v) is 3.11. The van der Waals surface area contributed by atoms with E-state index in [9.17, 15) is 18.0 Å². The Balaban J connectivity index is 2.12. The maximum atomic E-state index is 13.0. The third kappa shape index (κ3) is 2.48. The van der Waals surface area contributed by atoms with Gasteiger partial charge in [0.05, 0.1) is 5.92 Å². The standard InChI is InChI=1S/C12H13F3N2O/c1-6-4-16-5-8(6)12(18)17-7-2-9(13)11(15)10(14)3-7/h2-3,6,8,16H,4-5H2,1H3,(H,17,18). The molecular formula is C12H13F3N2O. The van der Waals surface area contributed by atoms with Crippen LogP contribution in [0.2, 0.25) is 0 Å². The minimum absolute atomic E-state index is 0.0736. The summed E-state index contributed by atoms with van der Waals surface area (Å²) >= 11 is 0. The first-order valence-corrected chi connectivity index (χ1v) is 5.65. The molecule has 1 aliphatic heterocycles. The average Bonchev–Trinajstić information content (AvgIpc) is 2.72. The predicted octanol–water partition coefficient (Wildman–Crippen LogP) is 1.90. The molecule has 98 valence electrons. The molecule has 2 atom stereocenters. The normalized spacial score (nSPS) is 23.1. The molecule has 1 aromatic carbocycles. The van der Waals surface area contributed by atoms with Gasteiger partial charge in [0, 0.05) is 24.4 Å². The van der Waals surface area contributed by atoms with Gasteiger partial charge in [-0.1, -0.05) is 6.92 Å². The molecule has 0 spiro atoms. The van der Waals surface area contributed by atoms with Gasteiger partial charge >= 0.3 is 0 Å². The molecule has 1 fully saturated rings. The summed E-state index contributed by atoms with van der Waals surface area (Å²) in [7, 11) is 0. The van der Waals surface area contributed by atoms with E-state index in [0.29, 0.717) is 6.54 Å². The fourth-order valence-corrected chi connectivity index (χ4v) is 2.02. The van der Waals surface area contributed by atoms with Crippen LogP contribution in [0.4, 0.5) is 18.9 Å². The summed E-state index contributed by atoms with van der Waals surface area (Å²) in [4.78, 5) is 11.8. The van der Waals surface area contributed by atoms with Gasteiger partial charge in [0.15, 0.2) is 17.5 Å². The maximum Gasteiger partial charge on any atom is 0.229 e. The fraction of sp³-hybridized carbons (Fsp3) is 0.417. The minimum atomic E-state index is -1.54. The third-order valence-electron chi connectivity index (χ3n) is 3.11. The highest BCUT2D eigenvalue weighted by Gasteiger charge is 2.29. The Bertz CT molecular complexity index is 455. The molecule has 0 aromatic heterocycles. The first kappa shape index (κ1) is 12.9. The van der Waals surface area contributed by atoms with Crippen LogP contribution in [0.3, 0.4) is 0 Å². The van der Waals surface area contributed by atoms with Crippen LogP contribution in [-0.4, -0.2) is 19.0 Å². The Morgan fingerprint density at radius 3 is 2.39 bits per heavy atom.